The number of hydrogen-bond donors (Lipinski definition) is 2. The van der Waals surface area contributed by atoms with Crippen LogP contribution in [0.4, 0.5) is 0 Å². The first kappa shape index (κ1) is 27.4. The van der Waals surface area contributed by atoms with Crippen LogP contribution < -0.4 is 5.32 Å². The van der Waals surface area contributed by atoms with Crippen LogP contribution in [0.5, 0.6) is 0 Å². The minimum Gasteiger partial charge on any atom is -0.389 e. The van der Waals surface area contributed by atoms with Crippen molar-refractivity contribution in [2.45, 2.75) is 31.9 Å². The van der Waals surface area contributed by atoms with Gasteiger partial charge in [-0.05, 0) is 44.7 Å². The summed E-state index contributed by atoms with van der Waals surface area (Å²) in [6.45, 7) is 6.54. The smallest absolute Gasteiger partial charge is 0.257 e. The fourth-order valence-corrected chi connectivity index (χ4v) is 3.92. The molecule has 2 unspecified atom stereocenters. The van der Waals surface area contributed by atoms with Gasteiger partial charge in [0.05, 0.1) is 12.1 Å². The van der Waals surface area contributed by atoms with E-state index in [4.69, 9.17) is 11.6 Å². The third-order valence-electron chi connectivity index (χ3n) is 5.44. The SMILES string of the molecule is C=CC/C=C(\C=C(/C)Cl)N(C)C(=O)C1=C/C/C=C\N(C(c2ccccc2)C(O)CNC)C/C=C\1. The maximum atomic E-state index is 13.3. The molecule has 0 aliphatic carbocycles. The van der Waals surface area contributed by atoms with E-state index in [1.807, 2.05) is 74.0 Å². The Morgan fingerprint density at radius 1 is 1.32 bits per heavy atom. The zero-order valence-electron chi connectivity index (χ0n) is 20.3. The fourth-order valence-electron chi connectivity index (χ4n) is 3.80. The van der Waals surface area contributed by atoms with Crippen LogP contribution in [-0.4, -0.2) is 54.1 Å². The lowest BCUT2D eigenvalue weighted by molar-refractivity contribution is -0.123. The summed E-state index contributed by atoms with van der Waals surface area (Å²) in [5, 5.41) is 14.6. The van der Waals surface area contributed by atoms with Crippen molar-refractivity contribution in [3.8, 4) is 0 Å². The number of nitrogens with zero attached hydrogens (tertiary/aromatic N) is 2. The molecule has 0 spiro atoms. The van der Waals surface area contributed by atoms with Crippen molar-refractivity contribution in [3.63, 3.8) is 0 Å². The highest BCUT2D eigenvalue weighted by atomic mass is 35.5. The molecular weight excluding hydrogens is 446 g/mol. The third-order valence-corrected chi connectivity index (χ3v) is 5.55. The summed E-state index contributed by atoms with van der Waals surface area (Å²) in [6, 6.07) is 9.76. The Kier molecular flexibility index (Phi) is 11.6. The number of amides is 1. The monoisotopic (exact) mass is 481 g/mol. The standard InChI is InChI=1S/C28H36ClN3O2/c1-5-6-17-25(20-22(2)29)31(4)28(34)24-15-10-11-18-32(19-12-16-24)27(26(33)21-30-3)23-13-8-7-9-14-23/h5,7-9,11-18,20,26-27,30,33H,1,6,10,19,21H2,2-4H3/b16-12-,18-11-,22-20+,24-15+,25-17+. The summed E-state index contributed by atoms with van der Waals surface area (Å²) in [5.74, 6) is -0.114. The lowest BCUT2D eigenvalue weighted by atomic mass is 9.99. The minimum atomic E-state index is -0.602. The summed E-state index contributed by atoms with van der Waals surface area (Å²) in [7, 11) is 3.58. The zero-order chi connectivity index (χ0) is 24.9. The van der Waals surface area contributed by atoms with Crippen LogP contribution in [-0.2, 0) is 4.79 Å². The molecule has 0 radical (unpaired) electrons. The van der Waals surface area contributed by atoms with E-state index in [-0.39, 0.29) is 11.9 Å². The van der Waals surface area contributed by atoms with Gasteiger partial charge >= 0.3 is 0 Å². The van der Waals surface area contributed by atoms with Crippen LogP contribution in [0.25, 0.3) is 0 Å². The molecule has 5 nitrogen and oxygen atoms in total. The number of halogens is 1. The van der Waals surface area contributed by atoms with Gasteiger partial charge in [-0.1, -0.05) is 78.4 Å². The molecule has 1 aliphatic heterocycles. The average molecular weight is 482 g/mol. The number of carbonyl (C=O) groups excluding carboxylic acids is 1. The van der Waals surface area contributed by atoms with Gasteiger partial charge in [0, 0.05) is 36.4 Å². The number of hydrogen-bond acceptors (Lipinski definition) is 4. The van der Waals surface area contributed by atoms with E-state index in [2.05, 4.69) is 16.8 Å². The number of aliphatic hydroxyl groups is 1. The number of likely N-dealkylation sites (N-methyl/N-ethyl adjacent to an activating group) is 2. The van der Waals surface area contributed by atoms with Crippen molar-refractivity contribution in [3.05, 3.63) is 108 Å². The highest BCUT2D eigenvalue weighted by Crippen LogP contribution is 2.26. The summed E-state index contributed by atoms with van der Waals surface area (Å²) in [6.07, 6.45) is 15.9. The normalized spacial score (nSPS) is 20.1. The molecule has 1 aliphatic rings. The number of nitrogens with one attached hydrogen (secondary N) is 1. The Hall–Kier alpha value is -2.86. The van der Waals surface area contributed by atoms with Gasteiger partial charge in [0.25, 0.3) is 5.91 Å². The first-order valence-electron chi connectivity index (χ1n) is 11.5. The van der Waals surface area contributed by atoms with Gasteiger partial charge in [-0.25, -0.2) is 0 Å². The van der Waals surface area contributed by atoms with E-state index >= 15 is 0 Å². The van der Waals surface area contributed by atoms with Crippen LogP contribution in [0.15, 0.2) is 102 Å². The molecule has 1 heterocycles. The van der Waals surface area contributed by atoms with Crippen LogP contribution in [0.1, 0.15) is 31.4 Å². The van der Waals surface area contributed by atoms with Gasteiger partial charge < -0.3 is 20.2 Å². The minimum absolute atomic E-state index is 0.114. The van der Waals surface area contributed by atoms with Crippen LogP contribution in [0, 0.1) is 0 Å². The van der Waals surface area contributed by atoms with Gasteiger partial charge in [0.1, 0.15) is 0 Å². The molecule has 2 atom stereocenters. The molecule has 0 bridgehead atoms. The first-order valence-corrected chi connectivity index (χ1v) is 11.9. The Balaban J connectivity index is 2.26. The van der Waals surface area contributed by atoms with Crippen molar-refractivity contribution < 1.29 is 9.90 Å². The first-order chi connectivity index (χ1) is 16.4. The highest BCUT2D eigenvalue weighted by Gasteiger charge is 2.25. The van der Waals surface area contributed by atoms with Gasteiger partial charge in [-0.2, -0.15) is 0 Å². The van der Waals surface area contributed by atoms with E-state index < -0.39 is 6.10 Å². The molecule has 2 N–H and O–H groups in total. The van der Waals surface area contributed by atoms with Crippen molar-refractivity contribution in [2.75, 3.05) is 27.2 Å². The zero-order valence-corrected chi connectivity index (χ0v) is 21.1. The molecule has 0 fully saturated rings. The Labute approximate surface area is 209 Å². The number of carbonyl (C=O) groups is 1. The lowest BCUT2D eigenvalue weighted by Crippen LogP contribution is -2.38. The summed E-state index contributed by atoms with van der Waals surface area (Å²) in [5.41, 5.74) is 2.36. The van der Waals surface area contributed by atoms with Crippen molar-refractivity contribution >= 4 is 17.5 Å². The van der Waals surface area contributed by atoms with E-state index in [1.165, 1.54) is 0 Å². The molecule has 2 rings (SSSR count). The Morgan fingerprint density at radius 2 is 2.06 bits per heavy atom. The van der Waals surface area contributed by atoms with Crippen molar-refractivity contribution in [1.82, 2.24) is 15.1 Å². The molecule has 182 valence electrons. The average Bonchev–Trinajstić information content (AvgIpc) is 2.94. The second-order valence-electron chi connectivity index (χ2n) is 8.11. The van der Waals surface area contributed by atoms with Crippen LogP contribution in [0.2, 0.25) is 0 Å². The topological polar surface area (TPSA) is 55.8 Å². The number of benzene rings is 1. The van der Waals surface area contributed by atoms with Crippen molar-refractivity contribution in [1.29, 1.82) is 0 Å². The van der Waals surface area contributed by atoms with Gasteiger partial charge in [-0.15, -0.1) is 6.58 Å². The number of aliphatic hydroxyl groups excluding tert-OH is 1. The molecule has 6 heteroatoms. The second kappa shape index (κ2) is 14.4. The van der Waals surface area contributed by atoms with E-state index in [0.29, 0.717) is 36.5 Å². The molecule has 0 aromatic heterocycles. The molecule has 1 aromatic carbocycles. The predicted octanol–water partition coefficient (Wildman–Crippen LogP) is 5.07. The molecule has 1 amide bonds. The molecular formula is C28H36ClN3O2. The van der Waals surface area contributed by atoms with Gasteiger partial charge in [0.15, 0.2) is 0 Å². The van der Waals surface area contributed by atoms with Gasteiger partial charge in [-0.3, -0.25) is 4.79 Å². The predicted molar refractivity (Wildman–Crippen MR) is 142 cm³/mol. The second-order valence-corrected chi connectivity index (χ2v) is 8.70. The Morgan fingerprint density at radius 3 is 2.71 bits per heavy atom. The van der Waals surface area contributed by atoms with Crippen molar-refractivity contribution in [2.24, 2.45) is 0 Å². The van der Waals surface area contributed by atoms with Crippen LogP contribution in [0.3, 0.4) is 0 Å². The molecule has 0 saturated carbocycles. The van der Waals surface area contributed by atoms with Gasteiger partial charge in [0.2, 0.25) is 0 Å². The molecule has 1 aromatic rings. The maximum Gasteiger partial charge on any atom is 0.257 e. The third kappa shape index (κ3) is 8.17. The summed E-state index contributed by atoms with van der Waals surface area (Å²) in [4.78, 5) is 17.0. The highest BCUT2D eigenvalue weighted by molar-refractivity contribution is 6.29. The maximum absolute atomic E-state index is 13.3. The van der Waals surface area contributed by atoms with E-state index in [9.17, 15) is 9.90 Å². The van der Waals surface area contributed by atoms with E-state index in [1.54, 1.807) is 31.0 Å². The summed E-state index contributed by atoms with van der Waals surface area (Å²) >= 11 is 6.09. The Bertz CT molecular complexity index is 959. The molecule has 0 saturated heterocycles. The lowest BCUT2D eigenvalue weighted by Gasteiger charge is -2.34. The summed E-state index contributed by atoms with van der Waals surface area (Å²) < 4.78 is 0. The van der Waals surface area contributed by atoms with Crippen LogP contribution >= 0.6 is 11.6 Å². The quantitative estimate of drug-likeness (QED) is 0.362. The number of rotatable bonds is 10. The number of allylic oxidation sites excluding steroid dienone is 6. The fraction of sp³-hybridized carbons (Fsp3) is 0.321. The largest absolute Gasteiger partial charge is 0.389 e. The molecule has 34 heavy (non-hydrogen) atoms. The van der Waals surface area contributed by atoms with E-state index in [0.717, 1.165) is 11.3 Å².